The Hall–Kier alpha value is -1.40. The first-order valence-corrected chi connectivity index (χ1v) is 7.27. The summed E-state index contributed by atoms with van der Waals surface area (Å²) in [4.78, 5) is 0. The molecule has 0 radical (unpaired) electrons. The molecule has 0 aliphatic heterocycles. The summed E-state index contributed by atoms with van der Waals surface area (Å²) in [6, 6.07) is 8.82. The summed E-state index contributed by atoms with van der Waals surface area (Å²) < 4.78 is 13.8. The zero-order valence-corrected chi connectivity index (χ0v) is 12.2. The Morgan fingerprint density at radius 2 is 2.00 bits per heavy atom. The molecule has 0 bridgehead atoms. The molecular weight excluding hydrogens is 253 g/mol. The second kappa shape index (κ2) is 5.54. The van der Waals surface area contributed by atoms with Crippen molar-refractivity contribution in [1.82, 2.24) is 0 Å². The Labute approximate surface area is 120 Å². The lowest BCUT2D eigenvalue weighted by Gasteiger charge is -2.44. The Morgan fingerprint density at radius 3 is 2.55 bits per heavy atom. The van der Waals surface area contributed by atoms with E-state index in [-0.39, 0.29) is 12.2 Å². The molecule has 0 saturated heterocycles. The van der Waals surface area contributed by atoms with Gasteiger partial charge < -0.3 is 5.11 Å². The van der Waals surface area contributed by atoms with Gasteiger partial charge in [-0.1, -0.05) is 25.1 Å². The molecule has 0 aromatic heterocycles. The molecule has 3 heteroatoms. The third-order valence-electron chi connectivity index (χ3n) is 4.87. The summed E-state index contributed by atoms with van der Waals surface area (Å²) in [5.74, 6) is 0.283. The standard InChI is InChI=1S/C17H22FNO/c1-13-7-9-17(12-19,10-8-13)16(2,20)11-14-5-3-4-6-15(14)18/h3-6,13,20H,7-11H2,1-2H3. The lowest BCUT2D eigenvalue weighted by molar-refractivity contribution is -0.0626. The summed E-state index contributed by atoms with van der Waals surface area (Å²) in [5, 5.41) is 20.5. The lowest BCUT2D eigenvalue weighted by atomic mass is 9.61. The van der Waals surface area contributed by atoms with Crippen LogP contribution in [0.25, 0.3) is 0 Å². The highest BCUT2D eigenvalue weighted by Gasteiger charge is 2.49. The molecule has 1 aliphatic rings. The number of nitrogens with zero attached hydrogens (tertiary/aromatic N) is 1. The topological polar surface area (TPSA) is 44.0 Å². The summed E-state index contributed by atoms with van der Waals surface area (Å²) in [7, 11) is 0. The Morgan fingerprint density at radius 1 is 1.40 bits per heavy atom. The number of benzene rings is 1. The van der Waals surface area contributed by atoms with E-state index < -0.39 is 11.0 Å². The van der Waals surface area contributed by atoms with Crippen molar-refractivity contribution in [2.75, 3.05) is 0 Å². The number of hydrogen-bond acceptors (Lipinski definition) is 2. The third kappa shape index (κ3) is 2.71. The average molecular weight is 275 g/mol. The van der Waals surface area contributed by atoms with Gasteiger partial charge in [0, 0.05) is 6.42 Å². The first-order chi connectivity index (χ1) is 9.40. The van der Waals surface area contributed by atoms with E-state index in [9.17, 15) is 14.8 Å². The molecule has 1 unspecified atom stereocenters. The normalized spacial score (nSPS) is 29.4. The van der Waals surface area contributed by atoms with Crippen LogP contribution in [0.4, 0.5) is 4.39 Å². The molecule has 1 atom stereocenters. The molecule has 108 valence electrons. The van der Waals surface area contributed by atoms with Crippen LogP contribution in [-0.4, -0.2) is 10.7 Å². The van der Waals surface area contributed by atoms with Gasteiger partial charge >= 0.3 is 0 Å². The van der Waals surface area contributed by atoms with Crippen molar-refractivity contribution in [3.8, 4) is 6.07 Å². The van der Waals surface area contributed by atoms with Crippen molar-refractivity contribution in [2.24, 2.45) is 11.3 Å². The van der Waals surface area contributed by atoms with E-state index in [4.69, 9.17) is 0 Å². The first-order valence-electron chi connectivity index (χ1n) is 7.27. The van der Waals surface area contributed by atoms with Crippen LogP contribution in [-0.2, 0) is 6.42 Å². The van der Waals surface area contributed by atoms with Gasteiger partial charge in [0.25, 0.3) is 0 Å². The summed E-state index contributed by atoms with van der Waals surface area (Å²) in [6.07, 6.45) is 3.45. The molecule has 0 amide bonds. The molecule has 0 heterocycles. The zero-order valence-electron chi connectivity index (χ0n) is 12.2. The van der Waals surface area contributed by atoms with Crippen molar-refractivity contribution < 1.29 is 9.50 Å². The van der Waals surface area contributed by atoms with Gasteiger partial charge in [-0.3, -0.25) is 0 Å². The van der Waals surface area contributed by atoms with Gasteiger partial charge in [0.05, 0.1) is 17.1 Å². The van der Waals surface area contributed by atoms with Crippen molar-refractivity contribution >= 4 is 0 Å². The monoisotopic (exact) mass is 275 g/mol. The summed E-state index contributed by atoms with van der Waals surface area (Å²) >= 11 is 0. The summed E-state index contributed by atoms with van der Waals surface area (Å²) in [5.41, 5.74) is -1.49. The average Bonchev–Trinajstić information content (AvgIpc) is 2.42. The second-order valence-electron chi connectivity index (χ2n) is 6.42. The number of hydrogen-bond donors (Lipinski definition) is 1. The highest BCUT2D eigenvalue weighted by Crippen LogP contribution is 2.47. The van der Waals surface area contributed by atoms with Gasteiger partial charge in [-0.2, -0.15) is 5.26 Å². The lowest BCUT2D eigenvalue weighted by Crippen LogP contribution is -2.48. The maximum Gasteiger partial charge on any atom is 0.126 e. The molecule has 1 fully saturated rings. The van der Waals surface area contributed by atoms with Crippen LogP contribution in [0.1, 0.15) is 45.1 Å². The Bertz CT molecular complexity index is 510. The first kappa shape index (κ1) is 15.0. The molecule has 1 aliphatic carbocycles. The largest absolute Gasteiger partial charge is 0.388 e. The van der Waals surface area contributed by atoms with Crippen molar-refractivity contribution in [3.05, 3.63) is 35.6 Å². The predicted octanol–water partition coefficient (Wildman–Crippen LogP) is 3.84. The van der Waals surface area contributed by atoms with Crippen LogP contribution in [0, 0.1) is 28.5 Å². The van der Waals surface area contributed by atoms with Gasteiger partial charge in [0.15, 0.2) is 0 Å². The fourth-order valence-corrected chi connectivity index (χ4v) is 3.21. The van der Waals surface area contributed by atoms with Crippen LogP contribution in [0.2, 0.25) is 0 Å². The number of nitriles is 1. The van der Waals surface area contributed by atoms with Gasteiger partial charge in [-0.25, -0.2) is 4.39 Å². The molecule has 1 N–H and O–H groups in total. The quantitative estimate of drug-likeness (QED) is 0.910. The second-order valence-corrected chi connectivity index (χ2v) is 6.42. The third-order valence-corrected chi connectivity index (χ3v) is 4.87. The zero-order chi connectivity index (χ0) is 14.8. The highest BCUT2D eigenvalue weighted by molar-refractivity contribution is 5.23. The maximum absolute atomic E-state index is 13.8. The number of aliphatic hydroxyl groups is 1. The Balaban J connectivity index is 2.24. The van der Waals surface area contributed by atoms with E-state index in [0.717, 1.165) is 12.8 Å². The van der Waals surface area contributed by atoms with Gasteiger partial charge in [0.2, 0.25) is 0 Å². The molecular formula is C17H22FNO. The van der Waals surface area contributed by atoms with Crippen LogP contribution >= 0.6 is 0 Å². The van der Waals surface area contributed by atoms with Gasteiger partial charge in [-0.05, 0) is 50.2 Å². The van der Waals surface area contributed by atoms with E-state index in [0.29, 0.717) is 24.3 Å². The minimum absolute atomic E-state index is 0.182. The predicted molar refractivity (Wildman–Crippen MR) is 76.4 cm³/mol. The van der Waals surface area contributed by atoms with E-state index in [2.05, 4.69) is 13.0 Å². The smallest absolute Gasteiger partial charge is 0.126 e. The molecule has 2 rings (SSSR count). The molecule has 20 heavy (non-hydrogen) atoms. The fraction of sp³-hybridized carbons (Fsp3) is 0.588. The fourth-order valence-electron chi connectivity index (χ4n) is 3.21. The Kier molecular flexibility index (Phi) is 4.15. The molecule has 1 aromatic rings. The van der Waals surface area contributed by atoms with E-state index >= 15 is 0 Å². The van der Waals surface area contributed by atoms with Crippen molar-refractivity contribution in [3.63, 3.8) is 0 Å². The van der Waals surface area contributed by atoms with Crippen LogP contribution in [0.15, 0.2) is 24.3 Å². The van der Waals surface area contributed by atoms with Crippen LogP contribution < -0.4 is 0 Å². The van der Waals surface area contributed by atoms with Crippen LogP contribution in [0.3, 0.4) is 0 Å². The van der Waals surface area contributed by atoms with Crippen molar-refractivity contribution in [1.29, 1.82) is 5.26 Å². The van der Waals surface area contributed by atoms with Crippen LogP contribution in [0.5, 0.6) is 0 Å². The molecule has 1 aromatic carbocycles. The minimum atomic E-state index is -1.20. The minimum Gasteiger partial charge on any atom is -0.388 e. The summed E-state index contributed by atoms with van der Waals surface area (Å²) in [6.45, 7) is 3.85. The highest BCUT2D eigenvalue weighted by atomic mass is 19.1. The van der Waals surface area contributed by atoms with E-state index in [1.807, 2.05) is 0 Å². The van der Waals surface area contributed by atoms with E-state index in [1.54, 1.807) is 25.1 Å². The van der Waals surface area contributed by atoms with Crippen molar-refractivity contribution in [2.45, 2.75) is 51.6 Å². The molecule has 1 saturated carbocycles. The van der Waals surface area contributed by atoms with E-state index in [1.165, 1.54) is 6.07 Å². The number of rotatable bonds is 3. The SMILES string of the molecule is CC1CCC(C#N)(C(C)(O)Cc2ccccc2F)CC1. The molecule has 0 spiro atoms. The van der Waals surface area contributed by atoms with Gasteiger partial charge in [-0.15, -0.1) is 0 Å². The maximum atomic E-state index is 13.8. The van der Waals surface area contributed by atoms with Gasteiger partial charge in [0.1, 0.15) is 5.82 Å². The number of halogens is 1. The molecule has 2 nitrogen and oxygen atoms in total.